The van der Waals surface area contributed by atoms with Gasteiger partial charge in [0.2, 0.25) is 0 Å². The molecule has 0 fully saturated rings. The number of aromatic nitrogens is 3. The largest absolute Gasteiger partial charge is 0.456 e. The Balaban J connectivity index is 1.18. The lowest BCUT2D eigenvalue weighted by Crippen LogP contribution is -2.01. The molecule has 0 aliphatic rings. The number of para-hydroxylation sites is 2. The fourth-order valence-electron chi connectivity index (χ4n) is 6.97. The summed E-state index contributed by atoms with van der Waals surface area (Å²) >= 11 is 0. The van der Waals surface area contributed by atoms with E-state index in [1.165, 1.54) is 5.56 Å². The fourth-order valence-corrected chi connectivity index (χ4v) is 6.97. The summed E-state index contributed by atoms with van der Waals surface area (Å²) in [6.45, 7) is 0. The van der Waals surface area contributed by atoms with Gasteiger partial charge in [-0.15, -0.1) is 0 Å². The minimum Gasteiger partial charge on any atom is -0.456 e. The summed E-state index contributed by atoms with van der Waals surface area (Å²) in [7, 11) is 0. The Kier molecular flexibility index (Phi) is 6.42. The van der Waals surface area contributed by atoms with Crippen molar-refractivity contribution in [3.05, 3.63) is 164 Å². The second kappa shape index (κ2) is 11.4. The molecule has 0 spiro atoms. The number of nitrogens with zero attached hydrogens (tertiary/aromatic N) is 3. The van der Waals surface area contributed by atoms with Crippen molar-refractivity contribution < 1.29 is 8.83 Å². The molecule has 5 heteroatoms. The molecule has 0 amide bonds. The van der Waals surface area contributed by atoms with Crippen LogP contribution in [0.15, 0.2) is 173 Å². The van der Waals surface area contributed by atoms with Crippen molar-refractivity contribution in [2.75, 3.05) is 0 Å². The molecule has 0 unspecified atom stereocenters. The van der Waals surface area contributed by atoms with Gasteiger partial charge in [0.25, 0.3) is 0 Å². The molecule has 0 radical (unpaired) electrons. The molecule has 5 nitrogen and oxygen atoms in total. The number of fused-ring (bicyclic) bond motifs is 6. The number of furan rings is 2. The van der Waals surface area contributed by atoms with Gasteiger partial charge in [-0.2, -0.15) is 0 Å². The van der Waals surface area contributed by atoms with Crippen LogP contribution in [0.5, 0.6) is 0 Å². The second-order valence-corrected chi connectivity index (χ2v) is 12.4. The SMILES string of the molecule is c1ccc(-c2ccc(-c3ccccc3-c3nc(-c4ccc5c(c4)oc4ccccc45)nc(-c4cccc5oc6ccccc6c45)n3)cc2)cc1. The van der Waals surface area contributed by atoms with Crippen LogP contribution in [0.25, 0.3) is 100 Å². The third-order valence-electron chi connectivity index (χ3n) is 9.39. The molecule has 234 valence electrons. The third kappa shape index (κ3) is 4.67. The Hall–Kier alpha value is -6.85. The standard InChI is InChI=1S/C45H27N3O2/c1-2-11-28(12-3-1)29-21-23-30(24-22-29)32-13-4-5-15-35(32)44-46-43(31-25-26-34-33-14-6-8-18-38(33)50-41(34)27-31)47-45(48-44)37-17-10-20-40-42(37)36-16-7-9-19-39(36)49-40/h1-27H. The summed E-state index contributed by atoms with van der Waals surface area (Å²) in [6.07, 6.45) is 0. The van der Waals surface area contributed by atoms with Gasteiger partial charge in [-0.1, -0.05) is 133 Å². The van der Waals surface area contributed by atoms with E-state index in [9.17, 15) is 0 Å². The highest BCUT2D eigenvalue weighted by molar-refractivity contribution is 6.12. The van der Waals surface area contributed by atoms with Gasteiger partial charge >= 0.3 is 0 Å². The monoisotopic (exact) mass is 641 g/mol. The molecule has 0 saturated carbocycles. The molecule has 0 aliphatic carbocycles. The van der Waals surface area contributed by atoms with Crippen LogP contribution in [-0.2, 0) is 0 Å². The number of rotatable bonds is 5. The van der Waals surface area contributed by atoms with Gasteiger partial charge in [0, 0.05) is 38.2 Å². The lowest BCUT2D eigenvalue weighted by Gasteiger charge is -2.13. The van der Waals surface area contributed by atoms with Gasteiger partial charge in [-0.25, -0.2) is 15.0 Å². The molecule has 10 aromatic rings. The zero-order valence-corrected chi connectivity index (χ0v) is 26.7. The quantitative estimate of drug-likeness (QED) is 0.187. The van der Waals surface area contributed by atoms with Crippen LogP contribution < -0.4 is 0 Å². The van der Waals surface area contributed by atoms with Gasteiger partial charge in [0.15, 0.2) is 17.5 Å². The zero-order valence-electron chi connectivity index (χ0n) is 26.7. The van der Waals surface area contributed by atoms with E-state index in [0.29, 0.717) is 17.5 Å². The maximum absolute atomic E-state index is 6.27. The first kappa shape index (κ1) is 28.2. The predicted octanol–water partition coefficient (Wildman–Crippen LogP) is 12.0. The highest BCUT2D eigenvalue weighted by Gasteiger charge is 2.20. The molecule has 0 bridgehead atoms. The summed E-state index contributed by atoms with van der Waals surface area (Å²) in [5, 5.41) is 4.13. The molecular formula is C45H27N3O2. The third-order valence-corrected chi connectivity index (χ3v) is 9.39. The molecule has 0 N–H and O–H groups in total. The molecule has 3 aromatic heterocycles. The molecule has 0 saturated heterocycles. The van der Waals surface area contributed by atoms with E-state index in [-0.39, 0.29) is 0 Å². The van der Waals surface area contributed by atoms with Crippen LogP contribution in [0, 0.1) is 0 Å². The van der Waals surface area contributed by atoms with E-state index >= 15 is 0 Å². The van der Waals surface area contributed by atoms with Crippen molar-refractivity contribution in [1.82, 2.24) is 15.0 Å². The van der Waals surface area contributed by atoms with Gasteiger partial charge in [0.1, 0.15) is 22.3 Å². The fraction of sp³-hybridized carbons (Fsp3) is 0. The summed E-state index contributed by atoms with van der Waals surface area (Å²) in [5.74, 6) is 1.72. The molecule has 0 aliphatic heterocycles. The minimum atomic E-state index is 0.561. The van der Waals surface area contributed by atoms with E-state index in [1.807, 2.05) is 66.7 Å². The second-order valence-electron chi connectivity index (χ2n) is 12.4. The van der Waals surface area contributed by atoms with Gasteiger partial charge < -0.3 is 8.83 Å². The lowest BCUT2D eigenvalue weighted by atomic mass is 9.96. The maximum atomic E-state index is 6.27. The Labute approximate surface area is 287 Å². The van der Waals surface area contributed by atoms with E-state index < -0.39 is 0 Å². The lowest BCUT2D eigenvalue weighted by molar-refractivity contribution is 0.668. The smallest absolute Gasteiger partial charge is 0.164 e. The van der Waals surface area contributed by atoms with Crippen molar-refractivity contribution in [3.8, 4) is 56.4 Å². The van der Waals surface area contributed by atoms with E-state index in [0.717, 1.165) is 77.3 Å². The first-order valence-corrected chi connectivity index (χ1v) is 16.6. The minimum absolute atomic E-state index is 0.561. The summed E-state index contributed by atoms with van der Waals surface area (Å²) in [4.78, 5) is 15.5. The highest BCUT2D eigenvalue weighted by Crippen LogP contribution is 2.39. The Morgan fingerprint density at radius 1 is 0.300 bits per heavy atom. The zero-order chi connectivity index (χ0) is 33.0. The van der Waals surface area contributed by atoms with Crippen LogP contribution in [0.4, 0.5) is 0 Å². The topological polar surface area (TPSA) is 65.0 Å². The maximum Gasteiger partial charge on any atom is 0.164 e. The molecular weight excluding hydrogens is 615 g/mol. The average molecular weight is 642 g/mol. The van der Waals surface area contributed by atoms with E-state index in [4.69, 9.17) is 23.8 Å². The molecule has 50 heavy (non-hydrogen) atoms. The normalized spacial score (nSPS) is 11.6. The van der Waals surface area contributed by atoms with Crippen molar-refractivity contribution in [3.63, 3.8) is 0 Å². The predicted molar refractivity (Wildman–Crippen MR) is 202 cm³/mol. The summed E-state index contributed by atoms with van der Waals surface area (Å²) < 4.78 is 12.5. The highest BCUT2D eigenvalue weighted by atomic mass is 16.3. The van der Waals surface area contributed by atoms with Gasteiger partial charge in [0.05, 0.1) is 0 Å². The summed E-state index contributed by atoms with van der Waals surface area (Å²) in [5.41, 5.74) is 10.3. The van der Waals surface area contributed by atoms with Crippen LogP contribution >= 0.6 is 0 Å². The Morgan fingerprint density at radius 2 is 0.820 bits per heavy atom. The average Bonchev–Trinajstić information content (AvgIpc) is 3.76. The number of benzene rings is 7. The van der Waals surface area contributed by atoms with Crippen LogP contribution in [-0.4, -0.2) is 15.0 Å². The molecule has 10 rings (SSSR count). The molecule has 0 atom stereocenters. The van der Waals surface area contributed by atoms with Gasteiger partial charge in [-0.05, 0) is 52.6 Å². The Bertz CT molecular complexity index is 2870. The van der Waals surface area contributed by atoms with Gasteiger partial charge in [-0.3, -0.25) is 0 Å². The van der Waals surface area contributed by atoms with Crippen molar-refractivity contribution >= 4 is 43.9 Å². The van der Waals surface area contributed by atoms with Crippen LogP contribution in [0.1, 0.15) is 0 Å². The van der Waals surface area contributed by atoms with Crippen molar-refractivity contribution in [2.24, 2.45) is 0 Å². The molecule has 7 aromatic carbocycles. The Morgan fingerprint density at radius 3 is 1.64 bits per heavy atom. The van der Waals surface area contributed by atoms with Crippen molar-refractivity contribution in [2.45, 2.75) is 0 Å². The van der Waals surface area contributed by atoms with E-state index in [2.05, 4.69) is 97.1 Å². The first-order chi connectivity index (χ1) is 24.8. The first-order valence-electron chi connectivity index (χ1n) is 16.6. The molecule has 3 heterocycles. The van der Waals surface area contributed by atoms with E-state index in [1.54, 1.807) is 0 Å². The van der Waals surface area contributed by atoms with Crippen LogP contribution in [0.3, 0.4) is 0 Å². The number of hydrogen-bond donors (Lipinski definition) is 0. The van der Waals surface area contributed by atoms with Crippen LogP contribution in [0.2, 0.25) is 0 Å². The van der Waals surface area contributed by atoms with Crippen molar-refractivity contribution in [1.29, 1.82) is 0 Å². The summed E-state index contributed by atoms with van der Waals surface area (Å²) in [6, 6.07) is 55.8. The number of hydrogen-bond acceptors (Lipinski definition) is 5.